The van der Waals surface area contributed by atoms with Crippen molar-refractivity contribution in [2.45, 2.75) is 97.6 Å². The van der Waals surface area contributed by atoms with Crippen LogP contribution >= 0.6 is 0 Å². The summed E-state index contributed by atoms with van der Waals surface area (Å²) in [6, 6.07) is 3.97. The Bertz CT molecular complexity index is 909. The summed E-state index contributed by atoms with van der Waals surface area (Å²) in [7, 11) is 3.36. The highest BCUT2D eigenvalue weighted by atomic mass is 16.5. The summed E-state index contributed by atoms with van der Waals surface area (Å²) >= 11 is 0. The monoisotopic (exact) mass is 472 g/mol. The molecule has 0 aromatic heterocycles. The van der Waals surface area contributed by atoms with Gasteiger partial charge in [-0.05, 0) is 90.5 Å². The molecule has 1 heterocycles. The van der Waals surface area contributed by atoms with E-state index in [1.165, 1.54) is 11.1 Å². The van der Waals surface area contributed by atoms with Gasteiger partial charge in [-0.15, -0.1) is 0 Å². The predicted molar refractivity (Wildman–Crippen MR) is 139 cm³/mol. The van der Waals surface area contributed by atoms with Crippen LogP contribution in [0.2, 0.25) is 0 Å². The van der Waals surface area contributed by atoms with Crippen LogP contribution in [0.25, 0.3) is 0 Å². The van der Waals surface area contributed by atoms with Crippen molar-refractivity contribution in [3.8, 4) is 11.5 Å². The van der Waals surface area contributed by atoms with Crippen LogP contribution in [0.4, 0.5) is 0 Å². The van der Waals surface area contributed by atoms with E-state index in [1.54, 1.807) is 14.2 Å². The van der Waals surface area contributed by atoms with Crippen molar-refractivity contribution in [3.05, 3.63) is 58.2 Å². The summed E-state index contributed by atoms with van der Waals surface area (Å²) in [5.41, 5.74) is 5.10. The number of aliphatic hydroxyl groups is 2. The van der Waals surface area contributed by atoms with Crippen LogP contribution in [0.1, 0.15) is 71.4 Å². The second-order valence-electron chi connectivity index (χ2n) is 10.1. The zero-order chi connectivity index (χ0) is 25.5. The van der Waals surface area contributed by atoms with Crippen molar-refractivity contribution < 1.29 is 24.4 Å². The molecular formula is C29H44O5. The molecule has 5 nitrogen and oxygen atoms in total. The Labute approximate surface area is 206 Å². The summed E-state index contributed by atoms with van der Waals surface area (Å²) in [6.07, 6.45) is 9.08. The van der Waals surface area contributed by atoms with Crippen LogP contribution < -0.4 is 9.47 Å². The third-order valence-electron chi connectivity index (χ3n) is 6.64. The van der Waals surface area contributed by atoms with Crippen LogP contribution in [0.15, 0.2) is 47.1 Å². The molecule has 0 radical (unpaired) electrons. The first kappa shape index (κ1) is 28.2. The van der Waals surface area contributed by atoms with E-state index in [9.17, 15) is 10.2 Å². The van der Waals surface area contributed by atoms with Gasteiger partial charge >= 0.3 is 0 Å². The molecule has 1 fully saturated rings. The molecule has 3 atom stereocenters. The highest BCUT2D eigenvalue weighted by Crippen LogP contribution is 2.33. The fourth-order valence-electron chi connectivity index (χ4n) is 4.46. The van der Waals surface area contributed by atoms with Gasteiger partial charge in [-0.2, -0.15) is 0 Å². The maximum absolute atomic E-state index is 10.6. The Morgan fingerprint density at radius 1 is 1.15 bits per heavy atom. The Hall–Kier alpha value is -2.08. The molecular weight excluding hydrogens is 428 g/mol. The molecule has 0 saturated carbocycles. The lowest BCUT2D eigenvalue weighted by Gasteiger charge is -2.22. The molecule has 1 aromatic carbocycles. The lowest BCUT2D eigenvalue weighted by molar-refractivity contribution is -0.0472. The van der Waals surface area contributed by atoms with E-state index in [1.807, 2.05) is 39.0 Å². The number of benzene rings is 1. The highest BCUT2D eigenvalue weighted by Gasteiger charge is 2.40. The van der Waals surface area contributed by atoms with Crippen LogP contribution in [0, 0.1) is 6.92 Å². The summed E-state index contributed by atoms with van der Waals surface area (Å²) in [5.74, 6) is 1.70. The van der Waals surface area contributed by atoms with Gasteiger partial charge in [0, 0.05) is 12.0 Å². The first-order valence-corrected chi connectivity index (χ1v) is 12.2. The highest BCUT2D eigenvalue weighted by molar-refractivity contribution is 5.47. The average molecular weight is 473 g/mol. The fourth-order valence-corrected chi connectivity index (χ4v) is 4.46. The molecule has 2 rings (SSSR count). The van der Waals surface area contributed by atoms with Gasteiger partial charge in [-0.3, -0.25) is 0 Å². The normalized spacial score (nSPS) is 22.1. The third-order valence-corrected chi connectivity index (χ3v) is 6.64. The van der Waals surface area contributed by atoms with Gasteiger partial charge in [0.25, 0.3) is 0 Å². The minimum atomic E-state index is -0.510. The second-order valence-corrected chi connectivity index (χ2v) is 10.1. The van der Waals surface area contributed by atoms with Crippen LogP contribution in [-0.4, -0.2) is 48.3 Å². The SMILES string of the molecule is COc1cc(C)c(OC)c(CC=C(C)CC(O)C=C(C)CCC=C(C)C2CC(O)C(C)(C)O2)c1. The summed E-state index contributed by atoms with van der Waals surface area (Å²) < 4.78 is 17.0. The molecule has 1 aromatic rings. The second kappa shape index (κ2) is 12.6. The quantitative estimate of drug-likeness (QED) is 0.395. The standard InChI is InChI=1S/C29H44O5/c1-19(10-9-11-21(3)26-18-27(31)29(5,6)34-26)14-24(30)15-20(2)12-13-23-17-25(32-7)16-22(4)28(23)33-8/h11-12,14,16-17,24,26-27,30-31H,9-10,13,15,18H2,1-8H3. The first-order chi connectivity index (χ1) is 16.0. The summed E-state index contributed by atoms with van der Waals surface area (Å²) in [6.45, 7) is 12.1. The number of hydrogen-bond acceptors (Lipinski definition) is 5. The van der Waals surface area contributed by atoms with E-state index in [-0.39, 0.29) is 6.10 Å². The molecule has 1 saturated heterocycles. The number of allylic oxidation sites excluding steroid dienone is 3. The van der Waals surface area contributed by atoms with Crippen molar-refractivity contribution in [3.63, 3.8) is 0 Å². The molecule has 1 aliphatic heterocycles. The zero-order valence-electron chi connectivity index (χ0n) is 22.3. The van der Waals surface area contributed by atoms with E-state index in [2.05, 4.69) is 32.9 Å². The van der Waals surface area contributed by atoms with Gasteiger partial charge in [-0.25, -0.2) is 0 Å². The van der Waals surface area contributed by atoms with Crippen molar-refractivity contribution in [2.75, 3.05) is 14.2 Å². The number of aryl methyl sites for hydroxylation is 1. The number of ether oxygens (including phenoxy) is 3. The topological polar surface area (TPSA) is 68.2 Å². The average Bonchev–Trinajstić information content (AvgIpc) is 3.04. The molecule has 190 valence electrons. The van der Waals surface area contributed by atoms with Gasteiger partial charge in [-0.1, -0.05) is 29.4 Å². The lowest BCUT2D eigenvalue weighted by atomic mass is 9.98. The fraction of sp³-hybridized carbons (Fsp3) is 0.586. The largest absolute Gasteiger partial charge is 0.497 e. The molecule has 3 unspecified atom stereocenters. The van der Waals surface area contributed by atoms with E-state index >= 15 is 0 Å². The smallest absolute Gasteiger partial charge is 0.125 e. The lowest BCUT2D eigenvalue weighted by Crippen LogP contribution is -2.31. The zero-order valence-corrected chi connectivity index (χ0v) is 22.3. The molecule has 1 aliphatic rings. The molecule has 34 heavy (non-hydrogen) atoms. The van der Waals surface area contributed by atoms with E-state index in [0.717, 1.165) is 47.5 Å². The van der Waals surface area contributed by atoms with Crippen LogP contribution in [0.5, 0.6) is 11.5 Å². The maximum atomic E-state index is 10.6. The van der Waals surface area contributed by atoms with Crippen molar-refractivity contribution in [2.24, 2.45) is 0 Å². The van der Waals surface area contributed by atoms with Gasteiger partial charge in [0.1, 0.15) is 11.5 Å². The number of hydrogen-bond donors (Lipinski definition) is 2. The van der Waals surface area contributed by atoms with Crippen molar-refractivity contribution in [1.82, 2.24) is 0 Å². The van der Waals surface area contributed by atoms with Crippen LogP contribution in [-0.2, 0) is 11.2 Å². The van der Waals surface area contributed by atoms with Gasteiger partial charge in [0.2, 0.25) is 0 Å². The Morgan fingerprint density at radius 2 is 1.85 bits per heavy atom. The molecule has 0 aliphatic carbocycles. The Kier molecular flexibility index (Phi) is 10.4. The molecule has 0 bridgehead atoms. The summed E-state index contributed by atoms with van der Waals surface area (Å²) in [5, 5.41) is 20.7. The maximum Gasteiger partial charge on any atom is 0.125 e. The van der Waals surface area contributed by atoms with Gasteiger partial charge in [0.15, 0.2) is 0 Å². The molecule has 2 N–H and O–H groups in total. The van der Waals surface area contributed by atoms with Gasteiger partial charge < -0.3 is 24.4 Å². The van der Waals surface area contributed by atoms with Crippen molar-refractivity contribution >= 4 is 0 Å². The molecule has 0 spiro atoms. The van der Waals surface area contributed by atoms with E-state index in [4.69, 9.17) is 14.2 Å². The van der Waals surface area contributed by atoms with Crippen molar-refractivity contribution in [1.29, 1.82) is 0 Å². The first-order valence-electron chi connectivity index (χ1n) is 12.2. The van der Waals surface area contributed by atoms with Gasteiger partial charge in [0.05, 0.1) is 38.1 Å². The number of methoxy groups -OCH3 is 2. The molecule has 0 amide bonds. The number of rotatable bonds is 11. The van der Waals surface area contributed by atoms with E-state index < -0.39 is 17.8 Å². The Morgan fingerprint density at radius 3 is 2.44 bits per heavy atom. The van der Waals surface area contributed by atoms with E-state index in [0.29, 0.717) is 12.8 Å². The summed E-state index contributed by atoms with van der Waals surface area (Å²) in [4.78, 5) is 0. The Balaban J connectivity index is 1.88. The molecule has 5 heteroatoms. The minimum Gasteiger partial charge on any atom is -0.497 e. The number of aliphatic hydroxyl groups excluding tert-OH is 2. The minimum absolute atomic E-state index is 0.0142. The third kappa shape index (κ3) is 8.00. The predicted octanol–water partition coefficient (Wildman–Crippen LogP) is 5.85. The van der Waals surface area contributed by atoms with Crippen LogP contribution in [0.3, 0.4) is 0 Å².